The second kappa shape index (κ2) is 9.87. The molecule has 0 aliphatic heterocycles. The highest BCUT2D eigenvalue weighted by Crippen LogP contribution is 2.24. The van der Waals surface area contributed by atoms with Gasteiger partial charge in [-0.2, -0.15) is 0 Å². The predicted octanol–water partition coefficient (Wildman–Crippen LogP) is 5.21. The third-order valence-electron chi connectivity index (χ3n) is 5.11. The molecule has 0 aliphatic rings. The van der Waals surface area contributed by atoms with Gasteiger partial charge >= 0.3 is 0 Å². The van der Waals surface area contributed by atoms with Gasteiger partial charge in [0.15, 0.2) is 6.10 Å². The quantitative estimate of drug-likeness (QED) is 0.491. The smallest absolute Gasteiger partial charge is 0.265 e. The number of anilines is 2. The van der Waals surface area contributed by atoms with Gasteiger partial charge in [-0.3, -0.25) is 9.52 Å². The van der Waals surface area contributed by atoms with Crippen LogP contribution in [0, 0.1) is 20.8 Å². The second-order valence-corrected chi connectivity index (χ2v) is 9.40. The van der Waals surface area contributed by atoms with Crippen LogP contribution in [0.4, 0.5) is 11.4 Å². The van der Waals surface area contributed by atoms with Gasteiger partial charge in [0.25, 0.3) is 15.9 Å². The normalized spacial score (nSPS) is 12.1. The molecule has 1 atom stereocenters. The topological polar surface area (TPSA) is 84.5 Å². The van der Waals surface area contributed by atoms with Crippen molar-refractivity contribution in [1.82, 2.24) is 0 Å². The first-order valence-electron chi connectivity index (χ1n) is 10.4. The Hall–Kier alpha value is -3.32. The molecule has 3 aromatic rings. The van der Waals surface area contributed by atoms with Gasteiger partial charge in [-0.15, -0.1) is 0 Å². The number of ether oxygens (including phenoxy) is 1. The number of carbonyl (C=O) groups excluding carboxylic acids is 1. The van der Waals surface area contributed by atoms with Crippen molar-refractivity contribution >= 4 is 27.3 Å². The molecule has 0 fully saturated rings. The van der Waals surface area contributed by atoms with E-state index in [-0.39, 0.29) is 10.8 Å². The standard InChI is InChI=1S/C25H28N2O4S/c1-5-23(31-21-13-9-17(2)10-14-21)25(28)26-20-11-15-22(16-12-20)32(29,30)27-24-18(3)7-6-8-19(24)4/h6-16,23,27H,5H2,1-4H3,(H,26,28)/t23-/m1/s1. The van der Waals surface area contributed by atoms with E-state index in [1.54, 1.807) is 12.1 Å². The van der Waals surface area contributed by atoms with Crippen LogP contribution in [0.3, 0.4) is 0 Å². The highest BCUT2D eigenvalue weighted by Gasteiger charge is 2.20. The Labute approximate surface area is 189 Å². The lowest BCUT2D eigenvalue weighted by Crippen LogP contribution is -2.32. The van der Waals surface area contributed by atoms with Crippen LogP contribution in [-0.2, 0) is 14.8 Å². The summed E-state index contributed by atoms with van der Waals surface area (Å²) >= 11 is 0. The Morgan fingerprint density at radius 3 is 2.06 bits per heavy atom. The molecule has 0 aliphatic carbocycles. The molecule has 0 radical (unpaired) electrons. The maximum absolute atomic E-state index is 12.8. The Kier molecular flexibility index (Phi) is 7.20. The van der Waals surface area contributed by atoms with Gasteiger partial charge in [-0.25, -0.2) is 8.42 Å². The second-order valence-electron chi connectivity index (χ2n) is 7.71. The van der Waals surface area contributed by atoms with Crippen LogP contribution in [0.25, 0.3) is 0 Å². The van der Waals surface area contributed by atoms with Crippen molar-refractivity contribution in [3.05, 3.63) is 83.4 Å². The van der Waals surface area contributed by atoms with E-state index >= 15 is 0 Å². The molecule has 32 heavy (non-hydrogen) atoms. The summed E-state index contributed by atoms with van der Waals surface area (Å²) < 4.78 is 34.1. The van der Waals surface area contributed by atoms with E-state index in [1.807, 2.05) is 70.2 Å². The highest BCUT2D eigenvalue weighted by atomic mass is 32.2. The molecule has 0 spiro atoms. The lowest BCUT2D eigenvalue weighted by atomic mass is 10.1. The minimum atomic E-state index is -3.76. The molecule has 0 unspecified atom stereocenters. The summed E-state index contributed by atoms with van der Waals surface area (Å²) in [7, 11) is -3.76. The molecule has 7 heteroatoms. The minimum absolute atomic E-state index is 0.112. The van der Waals surface area contributed by atoms with Crippen molar-refractivity contribution in [2.24, 2.45) is 0 Å². The monoisotopic (exact) mass is 452 g/mol. The average Bonchev–Trinajstić information content (AvgIpc) is 2.76. The molecule has 3 rings (SSSR count). The fraction of sp³-hybridized carbons (Fsp3) is 0.240. The van der Waals surface area contributed by atoms with Gasteiger partial charge < -0.3 is 10.1 Å². The van der Waals surface area contributed by atoms with Gasteiger partial charge in [-0.1, -0.05) is 42.8 Å². The zero-order chi connectivity index (χ0) is 23.3. The van der Waals surface area contributed by atoms with E-state index in [0.29, 0.717) is 23.5 Å². The van der Waals surface area contributed by atoms with Crippen LogP contribution in [0.5, 0.6) is 5.75 Å². The number of sulfonamides is 1. The third-order valence-corrected chi connectivity index (χ3v) is 6.48. The third kappa shape index (κ3) is 5.68. The SMILES string of the molecule is CC[C@@H](Oc1ccc(C)cc1)C(=O)Nc1ccc(S(=O)(=O)Nc2c(C)cccc2C)cc1. The molecule has 1 amide bonds. The number of nitrogens with one attached hydrogen (secondary N) is 2. The zero-order valence-electron chi connectivity index (χ0n) is 18.7. The molecule has 0 aromatic heterocycles. The summed E-state index contributed by atoms with van der Waals surface area (Å²) in [5.74, 6) is 0.328. The van der Waals surface area contributed by atoms with Crippen LogP contribution in [0.1, 0.15) is 30.0 Å². The van der Waals surface area contributed by atoms with Crippen molar-refractivity contribution in [1.29, 1.82) is 0 Å². The molecule has 0 bridgehead atoms. The number of hydrogen-bond donors (Lipinski definition) is 2. The largest absolute Gasteiger partial charge is 0.481 e. The molecule has 6 nitrogen and oxygen atoms in total. The number of rotatable bonds is 8. The number of hydrogen-bond acceptors (Lipinski definition) is 4. The lowest BCUT2D eigenvalue weighted by Gasteiger charge is -2.18. The number of aryl methyl sites for hydroxylation is 3. The summed E-state index contributed by atoms with van der Waals surface area (Å²) in [6.45, 7) is 7.56. The molecular formula is C25H28N2O4S. The van der Waals surface area contributed by atoms with Gasteiger partial charge in [-0.05, 0) is 74.7 Å². The maximum Gasteiger partial charge on any atom is 0.265 e. The van der Waals surface area contributed by atoms with E-state index in [0.717, 1.165) is 16.7 Å². The summed E-state index contributed by atoms with van der Waals surface area (Å²) in [4.78, 5) is 12.8. The lowest BCUT2D eigenvalue weighted by molar-refractivity contribution is -0.122. The summed E-state index contributed by atoms with van der Waals surface area (Å²) in [5.41, 5.74) is 3.86. The molecule has 168 valence electrons. The van der Waals surface area contributed by atoms with Crippen molar-refractivity contribution in [2.45, 2.75) is 45.1 Å². The highest BCUT2D eigenvalue weighted by molar-refractivity contribution is 7.92. The Bertz CT molecular complexity index is 1170. The predicted molar refractivity (Wildman–Crippen MR) is 128 cm³/mol. The number of amides is 1. The van der Waals surface area contributed by atoms with Crippen LogP contribution < -0.4 is 14.8 Å². The first-order valence-corrected chi connectivity index (χ1v) is 11.9. The molecule has 3 aromatic carbocycles. The number of carbonyl (C=O) groups is 1. The fourth-order valence-corrected chi connectivity index (χ4v) is 4.42. The van der Waals surface area contributed by atoms with E-state index in [9.17, 15) is 13.2 Å². The average molecular weight is 453 g/mol. The Morgan fingerprint density at radius 1 is 0.906 bits per heavy atom. The van der Waals surface area contributed by atoms with Gasteiger partial charge in [0, 0.05) is 5.69 Å². The van der Waals surface area contributed by atoms with Gasteiger partial charge in [0.1, 0.15) is 5.75 Å². The van der Waals surface area contributed by atoms with Crippen LogP contribution in [0.15, 0.2) is 71.6 Å². The van der Waals surface area contributed by atoms with E-state index in [4.69, 9.17) is 4.74 Å². The maximum atomic E-state index is 12.8. The van der Waals surface area contributed by atoms with Crippen LogP contribution in [0.2, 0.25) is 0 Å². The van der Waals surface area contributed by atoms with Gasteiger partial charge in [0.2, 0.25) is 0 Å². The molecule has 2 N–H and O–H groups in total. The summed E-state index contributed by atoms with van der Waals surface area (Å²) in [5, 5.41) is 2.79. The summed E-state index contributed by atoms with van der Waals surface area (Å²) in [6.07, 6.45) is -0.168. The zero-order valence-corrected chi connectivity index (χ0v) is 19.5. The van der Waals surface area contributed by atoms with E-state index < -0.39 is 16.1 Å². The van der Waals surface area contributed by atoms with Crippen molar-refractivity contribution in [3.63, 3.8) is 0 Å². The van der Waals surface area contributed by atoms with Crippen LogP contribution >= 0.6 is 0 Å². The number of para-hydroxylation sites is 1. The fourth-order valence-electron chi connectivity index (χ4n) is 3.21. The van der Waals surface area contributed by atoms with E-state index in [1.165, 1.54) is 12.1 Å². The Morgan fingerprint density at radius 2 is 1.50 bits per heavy atom. The molecule has 0 saturated heterocycles. The van der Waals surface area contributed by atoms with E-state index in [2.05, 4.69) is 10.0 Å². The number of benzene rings is 3. The molecular weight excluding hydrogens is 424 g/mol. The van der Waals surface area contributed by atoms with Crippen molar-refractivity contribution < 1.29 is 17.9 Å². The molecule has 0 saturated carbocycles. The van der Waals surface area contributed by atoms with Gasteiger partial charge in [0.05, 0.1) is 10.6 Å². The minimum Gasteiger partial charge on any atom is -0.481 e. The van der Waals surface area contributed by atoms with Crippen molar-refractivity contribution in [2.75, 3.05) is 10.0 Å². The Balaban J connectivity index is 1.69. The first kappa shape index (κ1) is 23.3. The summed E-state index contributed by atoms with van der Waals surface area (Å²) in [6, 6.07) is 19.1. The molecule has 0 heterocycles. The van der Waals surface area contributed by atoms with Crippen molar-refractivity contribution in [3.8, 4) is 5.75 Å². The van der Waals surface area contributed by atoms with Crippen LogP contribution in [-0.4, -0.2) is 20.4 Å². The first-order chi connectivity index (χ1) is 15.2.